The Balaban J connectivity index is 2.52. The van der Waals surface area contributed by atoms with Crippen LogP contribution < -0.4 is 21.8 Å². The first-order chi connectivity index (χ1) is 11.5. The molecule has 0 aliphatic carbocycles. The largest absolute Gasteiger partial charge is 0.318 e. The average Bonchev–Trinajstić information content (AvgIpc) is 2.56. The van der Waals surface area contributed by atoms with Crippen LogP contribution in [0.1, 0.15) is 11.1 Å². The van der Waals surface area contributed by atoms with Crippen LogP contribution in [0.5, 0.6) is 0 Å². The molecule has 0 atom stereocenters. The number of aromatic nitrogens is 3. The summed E-state index contributed by atoms with van der Waals surface area (Å²) in [5.74, 6) is 0. The normalized spacial score (nSPS) is 11.5. The van der Waals surface area contributed by atoms with Gasteiger partial charge in [0.25, 0.3) is 11.1 Å². The van der Waals surface area contributed by atoms with Gasteiger partial charge >= 0.3 is 0 Å². The summed E-state index contributed by atoms with van der Waals surface area (Å²) in [5.41, 5.74) is 2.83. The van der Waals surface area contributed by atoms with Gasteiger partial charge in [0, 0.05) is 50.7 Å². The number of rotatable bonds is 4. The first-order valence-electron chi connectivity index (χ1n) is 7.78. The van der Waals surface area contributed by atoms with Gasteiger partial charge in [-0.1, -0.05) is 0 Å². The van der Waals surface area contributed by atoms with E-state index in [1.54, 1.807) is 32.6 Å². The van der Waals surface area contributed by atoms with Crippen molar-refractivity contribution in [3.8, 4) is 0 Å². The van der Waals surface area contributed by atoms with Crippen LogP contribution in [0.25, 0.3) is 21.8 Å². The molecule has 0 spiro atoms. The lowest BCUT2D eigenvalue weighted by Gasteiger charge is -2.12. The standard InChI is InChI=1S/C17H21N5O2/c1-18-6-10-8-21(3)16(23)12-5-13-15(20-14(10)12)11(7-19-2)9-22(4)17(13)24/h5,8-9,18-19H,6-7H2,1-4H3. The highest BCUT2D eigenvalue weighted by molar-refractivity contribution is 5.94. The monoisotopic (exact) mass is 327 g/mol. The number of fused-ring (bicyclic) bond motifs is 2. The number of nitrogens with one attached hydrogen (secondary N) is 2. The molecule has 0 fully saturated rings. The van der Waals surface area contributed by atoms with Gasteiger partial charge in [-0.2, -0.15) is 0 Å². The minimum Gasteiger partial charge on any atom is -0.318 e. The third-order valence-electron chi connectivity index (χ3n) is 4.17. The number of nitrogens with zero attached hydrogens (tertiary/aromatic N) is 3. The van der Waals surface area contributed by atoms with Crippen molar-refractivity contribution in [3.63, 3.8) is 0 Å². The smallest absolute Gasteiger partial charge is 0.259 e. The lowest BCUT2D eigenvalue weighted by Crippen LogP contribution is -2.23. The molecule has 7 nitrogen and oxygen atoms in total. The van der Waals surface area contributed by atoms with Crippen molar-refractivity contribution in [2.75, 3.05) is 14.1 Å². The van der Waals surface area contributed by atoms with Crippen molar-refractivity contribution in [2.24, 2.45) is 14.1 Å². The Hall–Kier alpha value is -2.51. The van der Waals surface area contributed by atoms with Crippen LogP contribution in [0.3, 0.4) is 0 Å². The van der Waals surface area contributed by atoms with Gasteiger partial charge in [0.15, 0.2) is 0 Å². The maximum absolute atomic E-state index is 12.5. The molecule has 0 saturated heterocycles. The SMILES string of the molecule is CNCc1cn(C)c(=O)c2cc3c(=O)n(C)cc(CNC)c3nc12. The summed E-state index contributed by atoms with van der Waals surface area (Å²) in [6.07, 6.45) is 3.58. The van der Waals surface area contributed by atoms with Gasteiger partial charge in [-0.25, -0.2) is 4.98 Å². The van der Waals surface area contributed by atoms with E-state index >= 15 is 0 Å². The minimum absolute atomic E-state index is 0.152. The van der Waals surface area contributed by atoms with Crippen LogP contribution in [0.2, 0.25) is 0 Å². The highest BCUT2D eigenvalue weighted by atomic mass is 16.1. The summed E-state index contributed by atoms with van der Waals surface area (Å²) in [6.45, 7) is 1.19. The van der Waals surface area contributed by atoms with Crippen LogP contribution in [0.4, 0.5) is 0 Å². The molecule has 0 unspecified atom stereocenters. The molecule has 3 aromatic heterocycles. The van der Waals surface area contributed by atoms with E-state index in [2.05, 4.69) is 10.6 Å². The van der Waals surface area contributed by atoms with Crippen molar-refractivity contribution in [3.05, 3.63) is 50.3 Å². The minimum atomic E-state index is -0.152. The molecule has 3 aromatic rings. The zero-order valence-electron chi connectivity index (χ0n) is 14.3. The third-order valence-corrected chi connectivity index (χ3v) is 4.17. The number of pyridine rings is 3. The van der Waals surface area contributed by atoms with Gasteiger partial charge in [0.1, 0.15) is 0 Å². The van der Waals surface area contributed by atoms with Crippen molar-refractivity contribution < 1.29 is 0 Å². The second-order valence-corrected chi connectivity index (χ2v) is 5.98. The van der Waals surface area contributed by atoms with Crippen molar-refractivity contribution in [2.45, 2.75) is 13.1 Å². The Kier molecular flexibility index (Phi) is 4.21. The van der Waals surface area contributed by atoms with Crippen LogP contribution in [-0.4, -0.2) is 28.2 Å². The molecule has 24 heavy (non-hydrogen) atoms. The molecule has 126 valence electrons. The molecule has 0 aliphatic rings. The van der Waals surface area contributed by atoms with Gasteiger partial charge in [0.2, 0.25) is 0 Å². The molecule has 0 amide bonds. The predicted molar refractivity (Wildman–Crippen MR) is 95.3 cm³/mol. The summed E-state index contributed by atoms with van der Waals surface area (Å²) in [6, 6.07) is 1.68. The van der Waals surface area contributed by atoms with E-state index in [1.165, 1.54) is 9.13 Å². The van der Waals surface area contributed by atoms with E-state index < -0.39 is 0 Å². The van der Waals surface area contributed by atoms with Gasteiger partial charge in [-0.15, -0.1) is 0 Å². The summed E-state index contributed by atoms with van der Waals surface area (Å²) in [5, 5.41) is 7.13. The van der Waals surface area contributed by atoms with E-state index in [0.717, 1.165) is 11.1 Å². The summed E-state index contributed by atoms with van der Waals surface area (Å²) < 4.78 is 3.06. The fraction of sp³-hybridized carbons (Fsp3) is 0.353. The van der Waals surface area contributed by atoms with Gasteiger partial charge < -0.3 is 19.8 Å². The molecule has 0 bridgehead atoms. The quantitative estimate of drug-likeness (QED) is 0.670. The number of aryl methyl sites for hydroxylation is 2. The number of hydrogen-bond acceptors (Lipinski definition) is 5. The van der Waals surface area contributed by atoms with Crippen molar-refractivity contribution in [1.82, 2.24) is 24.8 Å². The molecule has 0 aliphatic heterocycles. The van der Waals surface area contributed by atoms with Crippen LogP contribution >= 0.6 is 0 Å². The molecule has 2 N–H and O–H groups in total. The highest BCUT2D eigenvalue weighted by Crippen LogP contribution is 2.20. The zero-order valence-corrected chi connectivity index (χ0v) is 14.3. The molecule has 0 aromatic carbocycles. The van der Waals surface area contributed by atoms with Crippen LogP contribution in [0.15, 0.2) is 28.0 Å². The molecular formula is C17H21N5O2. The Morgan fingerprint density at radius 3 is 1.67 bits per heavy atom. The molecule has 7 heteroatoms. The summed E-state index contributed by atoms with van der Waals surface area (Å²) in [4.78, 5) is 29.7. The van der Waals surface area contributed by atoms with E-state index in [1.807, 2.05) is 14.1 Å². The average molecular weight is 327 g/mol. The maximum atomic E-state index is 12.5. The van der Waals surface area contributed by atoms with Gasteiger partial charge in [-0.3, -0.25) is 9.59 Å². The second kappa shape index (κ2) is 6.18. The fourth-order valence-corrected chi connectivity index (χ4v) is 3.06. The number of hydrogen-bond donors (Lipinski definition) is 2. The van der Waals surface area contributed by atoms with Crippen molar-refractivity contribution >= 4 is 21.8 Å². The predicted octanol–water partition coefficient (Wildman–Crippen LogP) is 0.224. The molecule has 0 radical (unpaired) electrons. The molecular weight excluding hydrogens is 306 g/mol. The van der Waals surface area contributed by atoms with E-state index in [0.29, 0.717) is 34.9 Å². The summed E-state index contributed by atoms with van der Waals surface area (Å²) in [7, 11) is 7.11. The maximum Gasteiger partial charge on any atom is 0.259 e. The van der Waals surface area contributed by atoms with E-state index in [4.69, 9.17) is 4.98 Å². The zero-order chi connectivity index (χ0) is 17.4. The van der Waals surface area contributed by atoms with E-state index in [-0.39, 0.29) is 11.1 Å². The lowest BCUT2D eigenvalue weighted by atomic mass is 10.1. The Labute approximate surface area is 138 Å². The summed E-state index contributed by atoms with van der Waals surface area (Å²) >= 11 is 0. The first kappa shape index (κ1) is 16.4. The van der Waals surface area contributed by atoms with Crippen LogP contribution in [-0.2, 0) is 27.2 Å². The van der Waals surface area contributed by atoms with Gasteiger partial charge in [0.05, 0.1) is 21.8 Å². The second-order valence-electron chi connectivity index (χ2n) is 5.98. The molecule has 3 heterocycles. The Bertz CT molecular complexity index is 968. The molecule has 3 rings (SSSR count). The Morgan fingerprint density at radius 1 is 0.875 bits per heavy atom. The fourth-order valence-electron chi connectivity index (χ4n) is 3.06. The van der Waals surface area contributed by atoms with Crippen LogP contribution in [0, 0.1) is 0 Å². The molecule has 0 saturated carbocycles. The topological polar surface area (TPSA) is 81.0 Å². The van der Waals surface area contributed by atoms with Crippen molar-refractivity contribution in [1.29, 1.82) is 0 Å². The third kappa shape index (κ3) is 2.51. The lowest BCUT2D eigenvalue weighted by molar-refractivity contribution is 0.784. The van der Waals surface area contributed by atoms with E-state index in [9.17, 15) is 9.59 Å². The van der Waals surface area contributed by atoms with Gasteiger partial charge in [-0.05, 0) is 20.2 Å². The Morgan fingerprint density at radius 2 is 1.29 bits per heavy atom. The first-order valence-corrected chi connectivity index (χ1v) is 7.78. The highest BCUT2D eigenvalue weighted by Gasteiger charge is 2.14.